The molecule has 1 aliphatic heterocycles. The summed E-state index contributed by atoms with van der Waals surface area (Å²) in [5, 5.41) is 18.7. The Bertz CT molecular complexity index is 999. The maximum atomic E-state index is 13.5. The first kappa shape index (κ1) is 17.3. The van der Waals surface area contributed by atoms with Crippen LogP contribution in [0.1, 0.15) is 29.2 Å². The van der Waals surface area contributed by atoms with Crippen molar-refractivity contribution in [3.05, 3.63) is 52.8 Å². The number of aliphatic hydroxyl groups is 1. The Morgan fingerprint density at radius 3 is 2.64 bits per heavy atom. The van der Waals surface area contributed by atoms with Crippen LogP contribution < -0.4 is 4.74 Å². The molecule has 0 amide bonds. The van der Waals surface area contributed by atoms with Crippen LogP contribution in [0.15, 0.2) is 35.2 Å². The third-order valence-electron chi connectivity index (χ3n) is 3.70. The Labute approximate surface area is 140 Å². The number of hydrogen-bond donors (Lipinski definition) is 1. The molecule has 0 saturated heterocycles. The van der Waals surface area contributed by atoms with Gasteiger partial charge in [-0.3, -0.25) is 0 Å². The molecule has 130 valence electrons. The average Bonchev–Trinajstić information content (AvgIpc) is 2.75. The molecule has 1 aliphatic rings. The molecular weight excluding hydrogens is 359 g/mol. The van der Waals surface area contributed by atoms with Gasteiger partial charge in [0, 0.05) is 11.6 Å². The van der Waals surface area contributed by atoms with E-state index in [0.717, 1.165) is 30.3 Å². The highest BCUT2D eigenvalue weighted by atomic mass is 32.2. The zero-order chi connectivity index (χ0) is 18.4. The van der Waals surface area contributed by atoms with Gasteiger partial charge >= 0.3 is 0 Å². The molecule has 1 atom stereocenters. The summed E-state index contributed by atoms with van der Waals surface area (Å²) >= 11 is 0. The SMILES string of the molecule is N#Cc1cc(F)cc(Oc2ccc3c(c2C(F)F)C(O)CS3(=O)=O)c1. The molecule has 0 aromatic heterocycles. The van der Waals surface area contributed by atoms with E-state index in [9.17, 15) is 26.7 Å². The number of aliphatic hydroxyl groups excluding tert-OH is 1. The van der Waals surface area contributed by atoms with Gasteiger partial charge in [0.2, 0.25) is 0 Å². The quantitative estimate of drug-likeness (QED) is 0.897. The molecule has 25 heavy (non-hydrogen) atoms. The van der Waals surface area contributed by atoms with E-state index < -0.39 is 50.8 Å². The predicted molar refractivity (Wildman–Crippen MR) is 79.6 cm³/mol. The molecule has 9 heteroatoms. The van der Waals surface area contributed by atoms with E-state index in [1.165, 1.54) is 0 Å². The van der Waals surface area contributed by atoms with Crippen LogP contribution in [0.2, 0.25) is 0 Å². The summed E-state index contributed by atoms with van der Waals surface area (Å²) in [4.78, 5) is -0.375. The van der Waals surface area contributed by atoms with E-state index in [2.05, 4.69) is 0 Å². The number of nitriles is 1. The van der Waals surface area contributed by atoms with Gasteiger partial charge < -0.3 is 9.84 Å². The highest BCUT2D eigenvalue weighted by Gasteiger charge is 2.39. The van der Waals surface area contributed by atoms with Crippen LogP contribution in [0.3, 0.4) is 0 Å². The van der Waals surface area contributed by atoms with Gasteiger partial charge in [0.25, 0.3) is 6.43 Å². The van der Waals surface area contributed by atoms with E-state index in [4.69, 9.17) is 10.00 Å². The fourth-order valence-electron chi connectivity index (χ4n) is 2.72. The molecule has 0 saturated carbocycles. The van der Waals surface area contributed by atoms with Gasteiger partial charge in [0.1, 0.15) is 17.3 Å². The van der Waals surface area contributed by atoms with Crippen molar-refractivity contribution in [2.24, 2.45) is 0 Å². The van der Waals surface area contributed by atoms with Crippen LogP contribution in [0, 0.1) is 17.1 Å². The third-order valence-corrected chi connectivity index (χ3v) is 5.48. The molecular formula is C16H10F3NO4S. The molecule has 1 unspecified atom stereocenters. The molecule has 1 heterocycles. The summed E-state index contributed by atoms with van der Waals surface area (Å²) < 4.78 is 69.6. The highest BCUT2D eigenvalue weighted by Crippen LogP contribution is 2.45. The number of rotatable bonds is 3. The van der Waals surface area contributed by atoms with Crippen molar-refractivity contribution in [3.8, 4) is 17.6 Å². The second-order valence-corrected chi connectivity index (χ2v) is 7.38. The first-order chi connectivity index (χ1) is 11.7. The van der Waals surface area contributed by atoms with Gasteiger partial charge in [-0.2, -0.15) is 5.26 Å². The van der Waals surface area contributed by atoms with Crippen LogP contribution in [0.4, 0.5) is 13.2 Å². The number of ether oxygens (including phenoxy) is 1. The average molecular weight is 369 g/mol. The maximum absolute atomic E-state index is 13.5. The van der Waals surface area contributed by atoms with Crippen LogP contribution >= 0.6 is 0 Å². The molecule has 0 spiro atoms. The molecule has 2 aromatic carbocycles. The lowest BCUT2D eigenvalue weighted by molar-refractivity contribution is 0.137. The Kier molecular flexibility index (Phi) is 4.18. The molecule has 0 bridgehead atoms. The van der Waals surface area contributed by atoms with Gasteiger partial charge in [-0.25, -0.2) is 21.6 Å². The Hall–Kier alpha value is -2.57. The number of halogens is 3. The van der Waals surface area contributed by atoms with E-state index >= 15 is 0 Å². The summed E-state index contributed by atoms with van der Waals surface area (Å²) in [6.07, 6.45) is -4.73. The second-order valence-electron chi connectivity index (χ2n) is 5.38. The Morgan fingerprint density at radius 1 is 1.28 bits per heavy atom. The monoisotopic (exact) mass is 369 g/mol. The third kappa shape index (κ3) is 3.06. The van der Waals surface area contributed by atoms with Crippen LogP contribution in [-0.4, -0.2) is 19.3 Å². The topological polar surface area (TPSA) is 87.4 Å². The number of fused-ring (bicyclic) bond motifs is 1. The second kappa shape index (κ2) is 6.06. The van der Waals surface area contributed by atoms with E-state index in [1.54, 1.807) is 6.07 Å². The summed E-state index contributed by atoms with van der Waals surface area (Å²) in [7, 11) is -3.86. The van der Waals surface area contributed by atoms with Crippen molar-refractivity contribution in [2.75, 3.05) is 5.75 Å². The minimum absolute atomic E-state index is 0.0719. The fourth-order valence-corrected chi connectivity index (χ4v) is 4.34. The van der Waals surface area contributed by atoms with Gasteiger partial charge in [-0.1, -0.05) is 0 Å². The molecule has 3 rings (SSSR count). The van der Waals surface area contributed by atoms with E-state index in [-0.39, 0.29) is 16.2 Å². The summed E-state index contributed by atoms with van der Waals surface area (Å²) in [6.45, 7) is 0. The summed E-state index contributed by atoms with van der Waals surface area (Å²) in [5.41, 5.74) is -1.25. The van der Waals surface area contributed by atoms with Crippen molar-refractivity contribution in [1.82, 2.24) is 0 Å². The molecule has 1 N–H and O–H groups in total. The predicted octanol–water partition coefficient (Wildman–Crippen LogP) is 3.25. The summed E-state index contributed by atoms with van der Waals surface area (Å²) in [6, 6.07) is 6.78. The minimum atomic E-state index is -3.86. The number of nitrogens with zero attached hydrogens (tertiary/aromatic N) is 1. The normalized spacial score (nSPS) is 18.0. The van der Waals surface area contributed by atoms with Crippen molar-refractivity contribution < 1.29 is 31.4 Å². The first-order valence-electron chi connectivity index (χ1n) is 6.97. The lowest BCUT2D eigenvalue weighted by Gasteiger charge is -2.16. The van der Waals surface area contributed by atoms with Gasteiger partial charge in [0.15, 0.2) is 9.84 Å². The smallest absolute Gasteiger partial charge is 0.267 e. The number of sulfone groups is 1. The molecule has 0 aliphatic carbocycles. The number of benzene rings is 2. The van der Waals surface area contributed by atoms with Crippen LogP contribution in [0.25, 0.3) is 0 Å². The minimum Gasteiger partial charge on any atom is -0.457 e. The van der Waals surface area contributed by atoms with Crippen molar-refractivity contribution in [1.29, 1.82) is 5.26 Å². The zero-order valence-corrected chi connectivity index (χ0v) is 13.2. The largest absolute Gasteiger partial charge is 0.457 e. The Morgan fingerprint density at radius 2 is 2.00 bits per heavy atom. The maximum Gasteiger partial charge on any atom is 0.267 e. The van der Waals surface area contributed by atoms with Gasteiger partial charge in [0.05, 0.1) is 33.9 Å². The van der Waals surface area contributed by atoms with E-state index in [1.807, 2.05) is 0 Å². The van der Waals surface area contributed by atoms with E-state index in [0.29, 0.717) is 0 Å². The van der Waals surface area contributed by atoms with Crippen molar-refractivity contribution >= 4 is 9.84 Å². The van der Waals surface area contributed by atoms with Crippen molar-refractivity contribution in [2.45, 2.75) is 17.4 Å². The molecule has 0 radical (unpaired) electrons. The fraction of sp³-hybridized carbons (Fsp3) is 0.188. The summed E-state index contributed by atoms with van der Waals surface area (Å²) in [5.74, 6) is -2.10. The lowest BCUT2D eigenvalue weighted by Crippen LogP contribution is -2.03. The lowest BCUT2D eigenvalue weighted by atomic mass is 10.0. The Balaban J connectivity index is 2.14. The highest BCUT2D eigenvalue weighted by molar-refractivity contribution is 7.91. The van der Waals surface area contributed by atoms with Crippen LogP contribution in [-0.2, 0) is 9.84 Å². The number of hydrogen-bond acceptors (Lipinski definition) is 5. The molecule has 2 aromatic rings. The molecule has 5 nitrogen and oxygen atoms in total. The first-order valence-corrected chi connectivity index (χ1v) is 8.62. The van der Waals surface area contributed by atoms with Gasteiger partial charge in [-0.15, -0.1) is 0 Å². The van der Waals surface area contributed by atoms with Gasteiger partial charge in [-0.05, 0) is 24.3 Å². The standard InChI is InChI=1S/C16H10F3NO4S/c17-9-3-8(6-20)4-10(5-9)24-12-1-2-13-14(15(12)16(18)19)11(21)7-25(13,22)23/h1-5,11,16,21H,7H2. The molecule has 0 fully saturated rings. The number of alkyl halides is 2. The van der Waals surface area contributed by atoms with Crippen LogP contribution in [0.5, 0.6) is 11.5 Å². The van der Waals surface area contributed by atoms with Crippen molar-refractivity contribution in [3.63, 3.8) is 0 Å². The zero-order valence-electron chi connectivity index (χ0n) is 12.4.